The molecule has 1 atom stereocenters. The van der Waals surface area contributed by atoms with Gasteiger partial charge < -0.3 is 4.40 Å². The van der Waals surface area contributed by atoms with Crippen LogP contribution in [0.25, 0.3) is 16.9 Å². The number of nitro groups is 1. The predicted molar refractivity (Wildman–Crippen MR) is 86.3 cm³/mol. The normalized spacial score (nSPS) is 12.5. The summed E-state index contributed by atoms with van der Waals surface area (Å²) in [4.78, 5) is 15.0. The maximum absolute atomic E-state index is 10.8. The second-order valence-electron chi connectivity index (χ2n) is 5.15. The van der Waals surface area contributed by atoms with Crippen LogP contribution in [-0.4, -0.2) is 14.3 Å². The number of imidazole rings is 1. The molecular formula is C16H14ClN3O2. The van der Waals surface area contributed by atoms with Crippen LogP contribution in [0.2, 0.25) is 0 Å². The lowest BCUT2D eigenvalue weighted by Crippen LogP contribution is -1.96. The van der Waals surface area contributed by atoms with Crippen molar-refractivity contribution in [2.24, 2.45) is 0 Å². The molecular weight excluding hydrogens is 302 g/mol. The van der Waals surface area contributed by atoms with Crippen molar-refractivity contribution in [3.63, 3.8) is 0 Å². The summed E-state index contributed by atoms with van der Waals surface area (Å²) >= 11 is 6.34. The lowest BCUT2D eigenvalue weighted by Gasteiger charge is -2.07. The minimum atomic E-state index is -0.414. The number of nitrogens with zero attached hydrogens (tertiary/aromatic N) is 3. The molecule has 0 saturated heterocycles. The highest BCUT2D eigenvalue weighted by molar-refractivity contribution is 6.20. The molecule has 0 amide bonds. The van der Waals surface area contributed by atoms with Gasteiger partial charge in [0.25, 0.3) is 5.69 Å². The Bertz CT molecular complexity index is 854. The molecule has 1 unspecified atom stereocenters. The molecule has 3 rings (SSSR count). The molecule has 0 aliphatic rings. The van der Waals surface area contributed by atoms with Crippen molar-refractivity contribution in [1.82, 2.24) is 9.38 Å². The highest BCUT2D eigenvalue weighted by atomic mass is 35.5. The monoisotopic (exact) mass is 315 g/mol. The van der Waals surface area contributed by atoms with E-state index < -0.39 is 4.92 Å². The SMILES string of the molecule is Cc1cccn2c(C(C)Cl)c(-c3ccc([N+](=O)[O-])cc3)nc12. The highest BCUT2D eigenvalue weighted by Crippen LogP contribution is 2.33. The van der Waals surface area contributed by atoms with Gasteiger partial charge in [-0.05, 0) is 37.6 Å². The number of non-ortho nitro benzene ring substituents is 1. The van der Waals surface area contributed by atoms with Gasteiger partial charge in [0.2, 0.25) is 0 Å². The zero-order valence-corrected chi connectivity index (χ0v) is 12.9. The maximum atomic E-state index is 10.8. The lowest BCUT2D eigenvalue weighted by atomic mass is 10.1. The van der Waals surface area contributed by atoms with Gasteiger partial charge >= 0.3 is 0 Å². The zero-order valence-electron chi connectivity index (χ0n) is 12.2. The molecule has 0 radical (unpaired) electrons. The number of alkyl halides is 1. The molecule has 6 heteroatoms. The van der Waals surface area contributed by atoms with E-state index in [0.717, 1.165) is 28.2 Å². The van der Waals surface area contributed by atoms with E-state index in [9.17, 15) is 10.1 Å². The molecule has 0 aliphatic heterocycles. The molecule has 112 valence electrons. The molecule has 3 aromatic rings. The molecule has 0 fully saturated rings. The minimum Gasteiger partial charge on any atom is -0.302 e. The van der Waals surface area contributed by atoms with Crippen LogP contribution in [0, 0.1) is 17.0 Å². The first kappa shape index (κ1) is 14.5. The summed E-state index contributed by atoms with van der Waals surface area (Å²) in [5.41, 5.74) is 4.41. The molecule has 0 N–H and O–H groups in total. The van der Waals surface area contributed by atoms with Crippen molar-refractivity contribution in [3.05, 3.63) is 64.0 Å². The van der Waals surface area contributed by atoms with Gasteiger partial charge in [0, 0.05) is 23.9 Å². The number of fused-ring (bicyclic) bond motifs is 1. The summed E-state index contributed by atoms with van der Waals surface area (Å²) in [5.74, 6) is 0. The first-order valence-electron chi connectivity index (χ1n) is 6.85. The number of hydrogen-bond acceptors (Lipinski definition) is 3. The average Bonchev–Trinajstić information content (AvgIpc) is 2.88. The van der Waals surface area contributed by atoms with Gasteiger partial charge in [0.15, 0.2) is 0 Å². The van der Waals surface area contributed by atoms with E-state index in [1.54, 1.807) is 12.1 Å². The Balaban J connectivity index is 2.23. The van der Waals surface area contributed by atoms with Crippen molar-refractivity contribution in [2.45, 2.75) is 19.2 Å². The Labute approximate surface area is 132 Å². The Hall–Kier alpha value is -2.40. The Morgan fingerprint density at radius 3 is 2.55 bits per heavy atom. The van der Waals surface area contributed by atoms with Crippen molar-refractivity contribution in [2.75, 3.05) is 0 Å². The summed E-state index contributed by atoms with van der Waals surface area (Å²) in [7, 11) is 0. The van der Waals surface area contributed by atoms with Gasteiger partial charge in [0.1, 0.15) is 5.65 Å². The van der Waals surface area contributed by atoms with Crippen molar-refractivity contribution >= 4 is 22.9 Å². The molecule has 0 saturated carbocycles. The predicted octanol–water partition coefficient (Wildman–Crippen LogP) is 4.52. The molecule has 2 heterocycles. The van der Waals surface area contributed by atoms with Crippen LogP contribution >= 0.6 is 11.6 Å². The molecule has 0 spiro atoms. The van der Waals surface area contributed by atoms with Gasteiger partial charge in [-0.1, -0.05) is 6.07 Å². The number of halogens is 1. The van der Waals surface area contributed by atoms with E-state index in [-0.39, 0.29) is 11.1 Å². The number of nitro benzene ring substituents is 1. The average molecular weight is 316 g/mol. The number of rotatable bonds is 3. The largest absolute Gasteiger partial charge is 0.302 e. The summed E-state index contributed by atoms with van der Waals surface area (Å²) in [6.07, 6.45) is 1.93. The van der Waals surface area contributed by atoms with Crippen LogP contribution < -0.4 is 0 Å². The van der Waals surface area contributed by atoms with Gasteiger partial charge in [-0.2, -0.15) is 0 Å². The first-order valence-corrected chi connectivity index (χ1v) is 7.29. The van der Waals surface area contributed by atoms with Crippen LogP contribution in [0.15, 0.2) is 42.6 Å². The third-order valence-corrected chi connectivity index (χ3v) is 3.82. The second kappa shape index (κ2) is 5.42. The minimum absolute atomic E-state index is 0.0594. The van der Waals surface area contributed by atoms with Gasteiger partial charge in [0.05, 0.1) is 21.7 Å². The molecule has 0 aliphatic carbocycles. The van der Waals surface area contributed by atoms with Crippen LogP contribution in [-0.2, 0) is 0 Å². The van der Waals surface area contributed by atoms with Crippen LogP contribution in [0.1, 0.15) is 23.6 Å². The van der Waals surface area contributed by atoms with Crippen molar-refractivity contribution in [3.8, 4) is 11.3 Å². The number of hydrogen-bond donors (Lipinski definition) is 0. The summed E-state index contributed by atoms with van der Waals surface area (Å²) < 4.78 is 1.98. The Morgan fingerprint density at radius 1 is 1.27 bits per heavy atom. The summed E-state index contributed by atoms with van der Waals surface area (Å²) in [6.45, 7) is 3.88. The van der Waals surface area contributed by atoms with Gasteiger partial charge in [-0.25, -0.2) is 4.98 Å². The summed E-state index contributed by atoms with van der Waals surface area (Å²) in [6, 6.07) is 10.3. The number of aryl methyl sites for hydroxylation is 1. The third-order valence-electron chi connectivity index (χ3n) is 3.61. The standard InChI is InChI=1S/C16H14ClN3O2/c1-10-4-3-9-19-15(11(2)17)14(18-16(10)19)12-5-7-13(8-6-12)20(21)22/h3-9,11H,1-2H3. The van der Waals surface area contributed by atoms with Crippen LogP contribution in [0.3, 0.4) is 0 Å². The Kier molecular flexibility index (Phi) is 3.58. The fraction of sp³-hybridized carbons (Fsp3) is 0.188. The molecule has 0 bridgehead atoms. The number of benzene rings is 1. The third kappa shape index (κ3) is 2.33. The van der Waals surface area contributed by atoms with Crippen molar-refractivity contribution < 1.29 is 4.92 Å². The molecule has 1 aromatic carbocycles. The van der Waals surface area contributed by atoms with E-state index in [0.29, 0.717) is 0 Å². The second-order valence-corrected chi connectivity index (χ2v) is 5.81. The maximum Gasteiger partial charge on any atom is 0.269 e. The van der Waals surface area contributed by atoms with E-state index in [1.807, 2.05) is 36.6 Å². The van der Waals surface area contributed by atoms with Gasteiger partial charge in [-0.15, -0.1) is 11.6 Å². The fourth-order valence-electron chi connectivity index (χ4n) is 2.56. The van der Waals surface area contributed by atoms with Gasteiger partial charge in [-0.3, -0.25) is 10.1 Å². The lowest BCUT2D eigenvalue weighted by molar-refractivity contribution is -0.384. The smallest absolute Gasteiger partial charge is 0.269 e. The summed E-state index contributed by atoms with van der Waals surface area (Å²) in [5, 5.41) is 10.5. The van der Waals surface area contributed by atoms with Crippen molar-refractivity contribution in [1.29, 1.82) is 0 Å². The fourth-order valence-corrected chi connectivity index (χ4v) is 2.76. The number of pyridine rings is 1. The number of aromatic nitrogens is 2. The Morgan fingerprint density at radius 2 is 1.95 bits per heavy atom. The van der Waals surface area contributed by atoms with E-state index in [4.69, 9.17) is 11.6 Å². The van der Waals surface area contributed by atoms with E-state index in [2.05, 4.69) is 4.98 Å². The van der Waals surface area contributed by atoms with E-state index in [1.165, 1.54) is 12.1 Å². The van der Waals surface area contributed by atoms with Crippen LogP contribution in [0.5, 0.6) is 0 Å². The highest BCUT2D eigenvalue weighted by Gasteiger charge is 2.19. The van der Waals surface area contributed by atoms with Crippen LogP contribution in [0.4, 0.5) is 5.69 Å². The first-order chi connectivity index (χ1) is 10.5. The zero-order chi connectivity index (χ0) is 15.9. The molecule has 5 nitrogen and oxygen atoms in total. The molecule has 2 aromatic heterocycles. The molecule has 22 heavy (non-hydrogen) atoms. The van der Waals surface area contributed by atoms with E-state index >= 15 is 0 Å². The topological polar surface area (TPSA) is 60.4 Å². The quantitative estimate of drug-likeness (QED) is 0.405.